The van der Waals surface area contributed by atoms with E-state index in [1.54, 1.807) is 4.90 Å². The summed E-state index contributed by atoms with van der Waals surface area (Å²) in [7, 11) is 0. The average Bonchev–Trinajstić information content (AvgIpc) is 2.51. The summed E-state index contributed by atoms with van der Waals surface area (Å²) < 4.78 is 0. The van der Waals surface area contributed by atoms with E-state index in [0.717, 1.165) is 16.9 Å². The molecule has 0 aromatic heterocycles. The second kappa shape index (κ2) is 4.20. The number of amides is 2. The Labute approximate surface area is 101 Å². The molecule has 2 amide bonds. The minimum atomic E-state index is -0.126. The van der Waals surface area contributed by atoms with Crippen LogP contribution in [0.2, 0.25) is 0 Å². The van der Waals surface area contributed by atoms with Crippen LogP contribution in [-0.2, 0) is 9.59 Å². The Bertz CT molecular complexity index is 482. The number of carbonyl (C=O) groups is 2. The highest BCUT2D eigenvalue weighted by Crippen LogP contribution is 2.38. The molecule has 1 aromatic carbocycles. The molecule has 0 saturated carbocycles. The molecule has 0 bridgehead atoms. The number of likely N-dealkylation sites (N-methyl/N-ethyl adjacent to an activating group) is 1. The molecular formula is C13H16N2O2. The van der Waals surface area contributed by atoms with E-state index in [9.17, 15) is 9.59 Å². The molecule has 1 atom stereocenters. The zero-order valence-electron chi connectivity index (χ0n) is 10.3. The fourth-order valence-electron chi connectivity index (χ4n) is 2.24. The van der Waals surface area contributed by atoms with Gasteiger partial charge in [-0.1, -0.05) is 0 Å². The number of hydrogen-bond donors (Lipinski definition) is 1. The first-order valence-electron chi connectivity index (χ1n) is 5.77. The first kappa shape index (κ1) is 11.6. The van der Waals surface area contributed by atoms with Gasteiger partial charge < -0.3 is 10.2 Å². The van der Waals surface area contributed by atoms with Gasteiger partial charge in [-0.3, -0.25) is 9.59 Å². The minimum Gasteiger partial charge on any atom is -0.326 e. The Hall–Kier alpha value is -1.84. The Kier molecular flexibility index (Phi) is 2.88. The van der Waals surface area contributed by atoms with Gasteiger partial charge in [0.2, 0.25) is 11.8 Å². The summed E-state index contributed by atoms with van der Waals surface area (Å²) >= 11 is 0. The van der Waals surface area contributed by atoms with Crippen molar-refractivity contribution in [1.82, 2.24) is 0 Å². The van der Waals surface area contributed by atoms with Gasteiger partial charge >= 0.3 is 0 Å². The molecule has 1 aliphatic rings. The van der Waals surface area contributed by atoms with E-state index < -0.39 is 0 Å². The molecule has 1 aliphatic heterocycles. The van der Waals surface area contributed by atoms with Gasteiger partial charge in [0.1, 0.15) is 0 Å². The van der Waals surface area contributed by atoms with Crippen molar-refractivity contribution in [2.75, 3.05) is 16.8 Å². The topological polar surface area (TPSA) is 49.4 Å². The first-order valence-corrected chi connectivity index (χ1v) is 5.77. The predicted molar refractivity (Wildman–Crippen MR) is 67.2 cm³/mol. The van der Waals surface area contributed by atoms with Crippen molar-refractivity contribution < 1.29 is 9.59 Å². The second-order valence-corrected chi connectivity index (χ2v) is 4.26. The fourth-order valence-corrected chi connectivity index (χ4v) is 2.24. The lowest BCUT2D eigenvalue weighted by Crippen LogP contribution is -2.27. The number of nitrogens with zero attached hydrogens (tertiary/aromatic N) is 1. The molecule has 0 spiro atoms. The van der Waals surface area contributed by atoms with Crippen LogP contribution in [0.25, 0.3) is 0 Å². The number of nitrogens with one attached hydrogen (secondary N) is 1. The van der Waals surface area contributed by atoms with Crippen LogP contribution in [0.1, 0.15) is 32.3 Å². The third kappa shape index (κ3) is 1.90. The molecule has 0 fully saturated rings. The van der Waals surface area contributed by atoms with E-state index in [-0.39, 0.29) is 17.7 Å². The molecule has 1 aromatic rings. The predicted octanol–water partition coefficient (Wildman–Crippen LogP) is 2.12. The van der Waals surface area contributed by atoms with Gasteiger partial charge in [-0.25, -0.2) is 0 Å². The van der Waals surface area contributed by atoms with Crippen LogP contribution in [-0.4, -0.2) is 18.4 Å². The highest BCUT2D eigenvalue weighted by molar-refractivity contribution is 6.05. The maximum Gasteiger partial charge on any atom is 0.234 e. The highest BCUT2D eigenvalue weighted by atomic mass is 16.2. The maximum atomic E-state index is 12.0. The molecule has 2 rings (SSSR count). The third-order valence-electron chi connectivity index (χ3n) is 3.06. The van der Waals surface area contributed by atoms with Crippen molar-refractivity contribution in [3.05, 3.63) is 23.8 Å². The van der Waals surface area contributed by atoms with Crippen molar-refractivity contribution in [3.63, 3.8) is 0 Å². The number of fused-ring (bicyclic) bond motifs is 1. The molecule has 0 radical (unpaired) electrons. The molecule has 0 aliphatic carbocycles. The Morgan fingerprint density at radius 1 is 1.47 bits per heavy atom. The van der Waals surface area contributed by atoms with Crippen molar-refractivity contribution in [2.45, 2.75) is 26.7 Å². The van der Waals surface area contributed by atoms with Gasteiger partial charge in [0.05, 0.1) is 5.92 Å². The van der Waals surface area contributed by atoms with Crippen LogP contribution in [0.15, 0.2) is 18.2 Å². The van der Waals surface area contributed by atoms with Crippen LogP contribution >= 0.6 is 0 Å². The summed E-state index contributed by atoms with van der Waals surface area (Å²) in [5.41, 5.74) is 2.69. The molecule has 90 valence electrons. The summed E-state index contributed by atoms with van der Waals surface area (Å²) in [4.78, 5) is 24.7. The van der Waals surface area contributed by atoms with Crippen LogP contribution in [0.3, 0.4) is 0 Å². The first-order chi connectivity index (χ1) is 8.04. The van der Waals surface area contributed by atoms with Gasteiger partial charge in [-0.05, 0) is 37.6 Å². The zero-order valence-corrected chi connectivity index (χ0v) is 10.3. The molecule has 4 heteroatoms. The summed E-state index contributed by atoms with van der Waals surface area (Å²) in [6.45, 7) is 6.01. The van der Waals surface area contributed by atoms with Crippen molar-refractivity contribution in [3.8, 4) is 0 Å². The van der Waals surface area contributed by atoms with Gasteiger partial charge in [-0.2, -0.15) is 0 Å². The summed E-state index contributed by atoms with van der Waals surface area (Å²) in [5.74, 6) is -0.101. The Morgan fingerprint density at radius 2 is 2.18 bits per heavy atom. The van der Waals surface area contributed by atoms with Crippen LogP contribution in [0.4, 0.5) is 11.4 Å². The molecule has 1 heterocycles. The normalized spacial score (nSPS) is 18.2. The molecule has 4 nitrogen and oxygen atoms in total. The van der Waals surface area contributed by atoms with Crippen LogP contribution in [0.5, 0.6) is 0 Å². The smallest absolute Gasteiger partial charge is 0.234 e. The molecule has 1 unspecified atom stereocenters. The molecule has 0 saturated heterocycles. The lowest BCUT2D eigenvalue weighted by molar-refractivity contribution is -0.119. The highest BCUT2D eigenvalue weighted by Gasteiger charge is 2.33. The quantitative estimate of drug-likeness (QED) is 0.849. The van der Waals surface area contributed by atoms with Crippen LogP contribution < -0.4 is 10.2 Å². The number of rotatable bonds is 2. The maximum absolute atomic E-state index is 12.0. The number of carbonyl (C=O) groups excluding carboxylic acids is 2. The van der Waals surface area contributed by atoms with E-state index in [0.29, 0.717) is 6.54 Å². The van der Waals surface area contributed by atoms with E-state index >= 15 is 0 Å². The monoisotopic (exact) mass is 232 g/mol. The van der Waals surface area contributed by atoms with Gasteiger partial charge in [-0.15, -0.1) is 0 Å². The Balaban J connectivity index is 2.41. The van der Waals surface area contributed by atoms with Crippen molar-refractivity contribution in [1.29, 1.82) is 0 Å². The van der Waals surface area contributed by atoms with Gasteiger partial charge in [0, 0.05) is 24.8 Å². The van der Waals surface area contributed by atoms with E-state index in [1.807, 2.05) is 32.0 Å². The number of anilines is 2. The summed E-state index contributed by atoms with van der Waals surface area (Å²) in [6.07, 6.45) is 0. The zero-order chi connectivity index (χ0) is 12.6. The largest absolute Gasteiger partial charge is 0.326 e. The standard InChI is InChI=1S/C13H16N2O2/c1-4-15-12-6-5-10(14-9(3)16)7-11(12)8(2)13(15)17/h5-8H,4H2,1-3H3,(H,14,16). The SMILES string of the molecule is CCN1C(=O)C(C)c2cc(NC(C)=O)ccc21. The molecule has 1 N–H and O–H groups in total. The molecular weight excluding hydrogens is 216 g/mol. The number of benzene rings is 1. The van der Waals surface area contributed by atoms with Crippen LogP contribution in [0, 0.1) is 0 Å². The van der Waals surface area contributed by atoms with E-state index in [4.69, 9.17) is 0 Å². The lowest BCUT2D eigenvalue weighted by atomic mass is 10.0. The average molecular weight is 232 g/mol. The fraction of sp³-hybridized carbons (Fsp3) is 0.385. The molecule has 17 heavy (non-hydrogen) atoms. The van der Waals surface area contributed by atoms with E-state index in [1.165, 1.54) is 6.92 Å². The summed E-state index contributed by atoms with van der Waals surface area (Å²) in [6, 6.07) is 5.61. The Morgan fingerprint density at radius 3 is 2.76 bits per heavy atom. The lowest BCUT2D eigenvalue weighted by Gasteiger charge is -2.14. The van der Waals surface area contributed by atoms with Gasteiger partial charge in [0.15, 0.2) is 0 Å². The van der Waals surface area contributed by atoms with Crippen molar-refractivity contribution in [2.24, 2.45) is 0 Å². The van der Waals surface area contributed by atoms with Crippen molar-refractivity contribution >= 4 is 23.2 Å². The van der Waals surface area contributed by atoms with Gasteiger partial charge in [0.25, 0.3) is 0 Å². The minimum absolute atomic E-state index is 0.103. The number of hydrogen-bond acceptors (Lipinski definition) is 2. The summed E-state index contributed by atoms with van der Waals surface area (Å²) in [5, 5.41) is 2.73. The third-order valence-corrected chi connectivity index (χ3v) is 3.06. The van der Waals surface area contributed by atoms with E-state index in [2.05, 4.69) is 5.32 Å². The second-order valence-electron chi connectivity index (χ2n) is 4.26.